The molecule has 6 heteroatoms. The molecule has 182 valence electrons. The standard InChI is InChI=1S/C31H24FN3OS/c1-2-34-18-21(23-11-5-6-13-26(23)34)17-27-30(36)35-29(20-9-7-10-22(32)16-20)25-15-14-19-8-3-4-12-24(19)28(25)33-31(35)37-27/h3-13,16-18,29H,2,14-15H2,1H3/b27-17+/t29-/m1/s1. The number of rotatable bonds is 3. The van der Waals surface area contributed by atoms with E-state index in [2.05, 4.69) is 48.0 Å². The van der Waals surface area contributed by atoms with Gasteiger partial charge in [-0.1, -0.05) is 65.9 Å². The number of nitrogens with zero attached hydrogens (tertiary/aromatic N) is 3. The number of para-hydroxylation sites is 1. The molecule has 3 heterocycles. The molecule has 3 aromatic carbocycles. The maximum absolute atomic E-state index is 14.4. The lowest BCUT2D eigenvalue weighted by molar-refractivity contribution is 0.574. The van der Waals surface area contributed by atoms with Crippen LogP contribution in [0.5, 0.6) is 0 Å². The van der Waals surface area contributed by atoms with Gasteiger partial charge in [0.25, 0.3) is 5.56 Å². The van der Waals surface area contributed by atoms with E-state index in [1.165, 1.54) is 23.0 Å². The van der Waals surface area contributed by atoms with Crippen molar-refractivity contribution in [3.63, 3.8) is 0 Å². The second kappa shape index (κ2) is 8.53. The molecule has 0 N–H and O–H groups in total. The van der Waals surface area contributed by atoms with Crippen molar-refractivity contribution in [2.45, 2.75) is 32.4 Å². The van der Waals surface area contributed by atoms with Crippen molar-refractivity contribution in [1.82, 2.24) is 9.13 Å². The maximum atomic E-state index is 14.4. The lowest BCUT2D eigenvalue weighted by Crippen LogP contribution is -2.38. The Kier molecular flexibility index (Phi) is 5.11. The smallest absolute Gasteiger partial charge is 0.271 e. The van der Waals surface area contributed by atoms with E-state index in [1.54, 1.807) is 16.7 Å². The first kappa shape index (κ1) is 22.2. The molecule has 7 rings (SSSR count). The van der Waals surface area contributed by atoms with Crippen molar-refractivity contribution in [3.8, 4) is 0 Å². The Hall–Kier alpha value is -4.03. The Morgan fingerprint density at radius 2 is 1.89 bits per heavy atom. The van der Waals surface area contributed by atoms with Gasteiger partial charge < -0.3 is 4.57 Å². The van der Waals surface area contributed by atoms with Crippen molar-refractivity contribution in [2.75, 3.05) is 0 Å². The SMILES string of the molecule is CCn1cc(/C=c2/sc3n(c2=O)[C@H](c2cccc(F)c2)C2=C(N=3)c3ccccc3CC2)c2ccccc21. The molecule has 0 spiro atoms. The minimum Gasteiger partial charge on any atom is -0.347 e. The van der Waals surface area contributed by atoms with Gasteiger partial charge in [-0.3, -0.25) is 9.36 Å². The second-order valence-electron chi connectivity index (χ2n) is 9.56. The number of aryl methyl sites for hydroxylation is 2. The predicted molar refractivity (Wildman–Crippen MR) is 147 cm³/mol. The molecule has 0 saturated carbocycles. The van der Waals surface area contributed by atoms with E-state index in [4.69, 9.17) is 4.99 Å². The zero-order valence-electron chi connectivity index (χ0n) is 20.3. The largest absolute Gasteiger partial charge is 0.347 e. The number of benzene rings is 3. The maximum Gasteiger partial charge on any atom is 0.271 e. The summed E-state index contributed by atoms with van der Waals surface area (Å²) in [4.78, 5) is 19.7. The summed E-state index contributed by atoms with van der Waals surface area (Å²) < 4.78 is 19.0. The Bertz CT molecular complexity index is 1920. The van der Waals surface area contributed by atoms with Crippen LogP contribution in [0.3, 0.4) is 0 Å². The summed E-state index contributed by atoms with van der Waals surface area (Å²) in [5.74, 6) is -0.303. The van der Waals surface area contributed by atoms with Gasteiger partial charge in [-0.25, -0.2) is 9.38 Å². The number of fused-ring (bicyclic) bond motifs is 4. The molecular formula is C31H24FN3OS. The fourth-order valence-corrected chi connectivity index (χ4v) is 6.78. The minimum atomic E-state index is -0.380. The highest BCUT2D eigenvalue weighted by Gasteiger charge is 2.32. The first-order valence-electron chi connectivity index (χ1n) is 12.6. The molecule has 0 amide bonds. The average molecular weight is 506 g/mol. The van der Waals surface area contributed by atoms with Gasteiger partial charge in [0, 0.05) is 34.8 Å². The third-order valence-corrected chi connectivity index (χ3v) is 8.47. The lowest BCUT2D eigenvalue weighted by atomic mass is 9.83. The van der Waals surface area contributed by atoms with Gasteiger partial charge in [0.2, 0.25) is 0 Å². The van der Waals surface area contributed by atoms with Crippen molar-refractivity contribution in [1.29, 1.82) is 0 Å². The van der Waals surface area contributed by atoms with E-state index in [9.17, 15) is 9.18 Å². The quantitative estimate of drug-likeness (QED) is 0.322. The number of hydrogen-bond donors (Lipinski definition) is 0. The number of halogens is 1. The number of hydrogen-bond acceptors (Lipinski definition) is 3. The Labute approximate surface area is 217 Å². The summed E-state index contributed by atoms with van der Waals surface area (Å²) in [6, 6.07) is 22.8. The van der Waals surface area contributed by atoms with Crippen molar-refractivity contribution >= 4 is 34.0 Å². The van der Waals surface area contributed by atoms with E-state index in [0.717, 1.165) is 58.2 Å². The summed E-state index contributed by atoms with van der Waals surface area (Å²) in [5.41, 5.74) is 7.21. The molecule has 0 radical (unpaired) electrons. The van der Waals surface area contributed by atoms with Crippen LogP contribution in [0.4, 0.5) is 4.39 Å². The molecular weight excluding hydrogens is 481 g/mol. The normalized spacial score (nSPS) is 16.9. The van der Waals surface area contributed by atoms with Gasteiger partial charge in [0.15, 0.2) is 4.80 Å². The summed E-state index contributed by atoms with van der Waals surface area (Å²) in [5, 5.41) is 1.12. The molecule has 37 heavy (non-hydrogen) atoms. The number of allylic oxidation sites excluding steroid dienone is 1. The zero-order valence-corrected chi connectivity index (χ0v) is 21.1. The summed E-state index contributed by atoms with van der Waals surface area (Å²) >= 11 is 1.41. The topological polar surface area (TPSA) is 39.3 Å². The molecule has 2 aromatic heterocycles. The van der Waals surface area contributed by atoms with Crippen molar-refractivity contribution < 1.29 is 4.39 Å². The van der Waals surface area contributed by atoms with Crippen LogP contribution in [0.1, 0.15) is 41.6 Å². The van der Waals surface area contributed by atoms with E-state index >= 15 is 0 Å². The molecule has 0 bridgehead atoms. The van der Waals surface area contributed by atoms with Crippen LogP contribution in [0, 0.1) is 5.82 Å². The van der Waals surface area contributed by atoms with Crippen LogP contribution < -0.4 is 14.9 Å². The lowest BCUT2D eigenvalue weighted by Gasteiger charge is -2.30. The predicted octanol–water partition coefficient (Wildman–Crippen LogP) is 5.43. The molecule has 0 unspecified atom stereocenters. The highest BCUT2D eigenvalue weighted by Crippen LogP contribution is 2.41. The van der Waals surface area contributed by atoms with E-state index in [-0.39, 0.29) is 17.4 Å². The molecule has 4 nitrogen and oxygen atoms in total. The molecule has 5 aromatic rings. The highest BCUT2D eigenvalue weighted by atomic mass is 32.1. The molecule has 1 aliphatic carbocycles. The minimum absolute atomic E-state index is 0.0863. The van der Waals surface area contributed by atoms with Gasteiger partial charge in [0.05, 0.1) is 16.3 Å². The van der Waals surface area contributed by atoms with Gasteiger partial charge in [-0.05, 0) is 60.7 Å². The van der Waals surface area contributed by atoms with Crippen LogP contribution in [0.2, 0.25) is 0 Å². The van der Waals surface area contributed by atoms with E-state index < -0.39 is 0 Å². The fraction of sp³-hybridized carbons (Fsp3) is 0.161. The first-order valence-corrected chi connectivity index (χ1v) is 13.4. The summed E-state index contributed by atoms with van der Waals surface area (Å²) in [7, 11) is 0. The first-order chi connectivity index (χ1) is 18.1. The van der Waals surface area contributed by atoms with Crippen molar-refractivity contribution in [3.05, 3.63) is 132 Å². The fourth-order valence-electron chi connectivity index (χ4n) is 5.79. The number of thiazole rings is 1. The van der Waals surface area contributed by atoms with E-state index in [1.807, 2.05) is 30.3 Å². The molecule has 2 aliphatic rings. The monoisotopic (exact) mass is 505 g/mol. The molecule has 1 aliphatic heterocycles. The Morgan fingerprint density at radius 3 is 2.76 bits per heavy atom. The van der Waals surface area contributed by atoms with Crippen LogP contribution in [0.15, 0.2) is 94.4 Å². The summed E-state index contributed by atoms with van der Waals surface area (Å²) in [6.07, 6.45) is 5.74. The third-order valence-electron chi connectivity index (χ3n) is 7.48. The zero-order chi connectivity index (χ0) is 25.1. The van der Waals surface area contributed by atoms with Gasteiger partial charge in [0.1, 0.15) is 5.82 Å². The van der Waals surface area contributed by atoms with Crippen LogP contribution in [0.25, 0.3) is 22.7 Å². The van der Waals surface area contributed by atoms with Gasteiger partial charge in [-0.2, -0.15) is 0 Å². The van der Waals surface area contributed by atoms with Gasteiger partial charge in [-0.15, -0.1) is 0 Å². The average Bonchev–Trinajstić information content (AvgIpc) is 3.44. The van der Waals surface area contributed by atoms with Crippen LogP contribution in [-0.4, -0.2) is 9.13 Å². The second-order valence-corrected chi connectivity index (χ2v) is 10.6. The Balaban J connectivity index is 1.50. The third kappa shape index (κ3) is 3.47. The summed E-state index contributed by atoms with van der Waals surface area (Å²) in [6.45, 7) is 2.97. The van der Waals surface area contributed by atoms with E-state index in [0.29, 0.717) is 9.33 Å². The highest BCUT2D eigenvalue weighted by molar-refractivity contribution is 7.07. The Morgan fingerprint density at radius 1 is 1.05 bits per heavy atom. The molecule has 0 saturated heterocycles. The number of aromatic nitrogens is 2. The van der Waals surface area contributed by atoms with Crippen LogP contribution in [-0.2, 0) is 13.0 Å². The van der Waals surface area contributed by atoms with Gasteiger partial charge >= 0.3 is 0 Å². The molecule has 1 atom stereocenters. The van der Waals surface area contributed by atoms with Crippen molar-refractivity contribution in [2.24, 2.45) is 4.99 Å². The molecule has 0 fully saturated rings. The van der Waals surface area contributed by atoms with Crippen LogP contribution >= 0.6 is 11.3 Å².